The molecule has 0 saturated carbocycles. The second-order valence-electron chi connectivity index (χ2n) is 5.20. The summed E-state index contributed by atoms with van der Waals surface area (Å²) in [5.41, 5.74) is 5.42. The first-order chi connectivity index (χ1) is 11.0. The molecule has 1 aliphatic rings. The molecule has 1 aliphatic carbocycles. The van der Waals surface area contributed by atoms with Crippen molar-refractivity contribution in [1.29, 1.82) is 0 Å². The van der Waals surface area contributed by atoms with Gasteiger partial charge in [0, 0.05) is 11.6 Å². The van der Waals surface area contributed by atoms with Crippen molar-refractivity contribution in [3.8, 4) is 11.5 Å². The number of nitrogens with one attached hydrogen (secondary N) is 1. The molecular weight excluding hydrogens is 320 g/mol. The average Bonchev–Trinajstić information content (AvgIpc) is 2.53. The highest BCUT2D eigenvalue weighted by molar-refractivity contribution is 6.32. The molecule has 6 nitrogen and oxygen atoms in total. The molecule has 0 aliphatic heterocycles. The van der Waals surface area contributed by atoms with Crippen LogP contribution in [0, 0.1) is 0 Å². The highest BCUT2D eigenvalue weighted by Crippen LogP contribution is 2.36. The zero-order valence-corrected chi connectivity index (χ0v) is 13.6. The SMILES string of the molecule is COc1cc(C(=O)NC2CC=CCC2)cc(Cl)c1OCC(N)=O. The van der Waals surface area contributed by atoms with E-state index in [0.29, 0.717) is 5.56 Å². The minimum atomic E-state index is -0.629. The molecule has 2 rings (SSSR count). The van der Waals surface area contributed by atoms with Gasteiger partial charge in [-0.05, 0) is 31.4 Å². The molecule has 0 aromatic heterocycles. The summed E-state index contributed by atoms with van der Waals surface area (Å²) >= 11 is 6.14. The van der Waals surface area contributed by atoms with E-state index in [2.05, 4.69) is 17.5 Å². The van der Waals surface area contributed by atoms with E-state index in [-0.39, 0.29) is 35.1 Å². The second kappa shape index (κ2) is 7.87. The Bertz CT molecular complexity index is 631. The fourth-order valence-electron chi connectivity index (χ4n) is 2.33. The number of halogens is 1. The predicted molar refractivity (Wildman–Crippen MR) is 86.9 cm³/mol. The molecule has 1 aromatic carbocycles. The van der Waals surface area contributed by atoms with Gasteiger partial charge in [0.25, 0.3) is 11.8 Å². The largest absolute Gasteiger partial charge is 0.493 e. The van der Waals surface area contributed by atoms with Crippen molar-refractivity contribution in [3.63, 3.8) is 0 Å². The normalized spacial score (nSPS) is 16.7. The van der Waals surface area contributed by atoms with Gasteiger partial charge in [-0.25, -0.2) is 0 Å². The fraction of sp³-hybridized carbons (Fsp3) is 0.375. The van der Waals surface area contributed by atoms with Crippen LogP contribution in [-0.2, 0) is 4.79 Å². The Labute approximate surface area is 139 Å². The molecule has 23 heavy (non-hydrogen) atoms. The molecule has 0 bridgehead atoms. The number of rotatable bonds is 6. The first-order valence-electron chi connectivity index (χ1n) is 7.25. The minimum Gasteiger partial charge on any atom is -0.493 e. The zero-order chi connectivity index (χ0) is 16.8. The molecule has 7 heteroatoms. The standard InChI is InChI=1S/C16H19ClN2O4/c1-22-13-8-10(7-12(17)15(13)23-9-14(18)20)16(21)19-11-5-3-2-4-6-11/h2-3,7-8,11H,4-6,9H2,1H3,(H2,18,20)(H,19,21). The lowest BCUT2D eigenvalue weighted by Crippen LogP contribution is -2.35. The predicted octanol–water partition coefficient (Wildman–Crippen LogP) is 2.05. The third kappa shape index (κ3) is 4.63. The van der Waals surface area contributed by atoms with Crippen molar-refractivity contribution in [2.24, 2.45) is 5.73 Å². The number of hydrogen-bond donors (Lipinski definition) is 2. The number of primary amides is 1. The van der Waals surface area contributed by atoms with E-state index < -0.39 is 5.91 Å². The molecule has 1 unspecified atom stereocenters. The summed E-state index contributed by atoms with van der Waals surface area (Å²) in [7, 11) is 1.43. The Hall–Kier alpha value is -2.21. The Balaban J connectivity index is 2.15. The van der Waals surface area contributed by atoms with Crippen LogP contribution in [0.5, 0.6) is 11.5 Å². The topological polar surface area (TPSA) is 90.7 Å². The van der Waals surface area contributed by atoms with Crippen LogP contribution in [0.4, 0.5) is 0 Å². The first-order valence-corrected chi connectivity index (χ1v) is 7.63. The molecule has 0 saturated heterocycles. The van der Waals surface area contributed by atoms with E-state index in [4.69, 9.17) is 26.8 Å². The van der Waals surface area contributed by atoms with Gasteiger partial charge >= 0.3 is 0 Å². The minimum absolute atomic E-state index is 0.114. The van der Waals surface area contributed by atoms with Crippen molar-refractivity contribution in [1.82, 2.24) is 5.32 Å². The summed E-state index contributed by atoms with van der Waals surface area (Å²) in [6.45, 7) is -0.323. The maximum Gasteiger partial charge on any atom is 0.255 e. The quantitative estimate of drug-likeness (QED) is 0.777. The lowest BCUT2D eigenvalue weighted by Gasteiger charge is -2.20. The molecule has 2 amide bonds. The van der Waals surface area contributed by atoms with Gasteiger partial charge in [-0.3, -0.25) is 9.59 Å². The zero-order valence-electron chi connectivity index (χ0n) is 12.8. The molecule has 0 heterocycles. The lowest BCUT2D eigenvalue weighted by atomic mass is 10.0. The summed E-state index contributed by atoms with van der Waals surface area (Å²) in [4.78, 5) is 23.2. The van der Waals surface area contributed by atoms with Crippen LogP contribution in [-0.4, -0.2) is 31.6 Å². The van der Waals surface area contributed by atoms with Crippen LogP contribution in [0.1, 0.15) is 29.6 Å². The van der Waals surface area contributed by atoms with E-state index in [1.165, 1.54) is 19.2 Å². The Morgan fingerprint density at radius 2 is 2.17 bits per heavy atom. The van der Waals surface area contributed by atoms with E-state index in [1.807, 2.05) is 0 Å². The maximum atomic E-state index is 12.3. The third-order valence-electron chi connectivity index (χ3n) is 3.45. The Morgan fingerprint density at radius 1 is 1.39 bits per heavy atom. The smallest absolute Gasteiger partial charge is 0.255 e. The summed E-state index contributed by atoms with van der Waals surface area (Å²) in [5.74, 6) is -0.403. The molecule has 0 spiro atoms. The van der Waals surface area contributed by atoms with Gasteiger partial charge < -0.3 is 20.5 Å². The molecule has 124 valence electrons. The summed E-state index contributed by atoms with van der Waals surface area (Å²) in [6, 6.07) is 3.12. The van der Waals surface area contributed by atoms with Gasteiger partial charge in [-0.2, -0.15) is 0 Å². The number of amides is 2. The van der Waals surface area contributed by atoms with Gasteiger partial charge in [0.2, 0.25) is 0 Å². The molecule has 1 atom stereocenters. The maximum absolute atomic E-state index is 12.3. The monoisotopic (exact) mass is 338 g/mol. The van der Waals surface area contributed by atoms with E-state index >= 15 is 0 Å². The fourth-order valence-corrected chi connectivity index (χ4v) is 2.59. The van der Waals surface area contributed by atoms with Crippen LogP contribution in [0.3, 0.4) is 0 Å². The average molecular weight is 339 g/mol. The van der Waals surface area contributed by atoms with Crippen molar-refractivity contribution in [2.75, 3.05) is 13.7 Å². The van der Waals surface area contributed by atoms with Gasteiger partial charge in [0.15, 0.2) is 18.1 Å². The van der Waals surface area contributed by atoms with Gasteiger partial charge in [-0.1, -0.05) is 23.8 Å². The summed E-state index contributed by atoms with van der Waals surface area (Å²) < 4.78 is 10.4. The van der Waals surface area contributed by atoms with Crippen molar-refractivity contribution in [2.45, 2.75) is 25.3 Å². The number of allylic oxidation sites excluding steroid dienone is 1. The Kier molecular flexibility index (Phi) is 5.87. The molecule has 0 radical (unpaired) electrons. The van der Waals surface area contributed by atoms with Gasteiger partial charge in [-0.15, -0.1) is 0 Å². The summed E-state index contributed by atoms with van der Waals surface area (Å²) in [6.07, 6.45) is 6.84. The van der Waals surface area contributed by atoms with E-state index in [9.17, 15) is 9.59 Å². The van der Waals surface area contributed by atoms with Crippen LogP contribution in [0.15, 0.2) is 24.3 Å². The number of methoxy groups -OCH3 is 1. The second-order valence-corrected chi connectivity index (χ2v) is 5.61. The van der Waals surface area contributed by atoms with E-state index in [1.54, 1.807) is 0 Å². The van der Waals surface area contributed by atoms with Gasteiger partial charge in [0.05, 0.1) is 12.1 Å². The van der Waals surface area contributed by atoms with Gasteiger partial charge in [0.1, 0.15) is 0 Å². The molecular formula is C16H19ClN2O4. The lowest BCUT2D eigenvalue weighted by molar-refractivity contribution is -0.119. The van der Waals surface area contributed by atoms with Crippen molar-refractivity contribution >= 4 is 23.4 Å². The summed E-state index contributed by atoms with van der Waals surface area (Å²) in [5, 5.41) is 3.14. The number of carbonyl (C=O) groups is 2. The number of hydrogen-bond acceptors (Lipinski definition) is 4. The number of carbonyl (C=O) groups excluding carboxylic acids is 2. The first kappa shape index (κ1) is 17.1. The number of ether oxygens (including phenoxy) is 2. The van der Waals surface area contributed by atoms with Crippen LogP contribution >= 0.6 is 11.6 Å². The molecule has 1 aromatic rings. The number of nitrogens with two attached hydrogens (primary N) is 1. The highest BCUT2D eigenvalue weighted by atomic mass is 35.5. The van der Waals surface area contributed by atoms with Crippen LogP contribution in [0.2, 0.25) is 5.02 Å². The number of benzene rings is 1. The van der Waals surface area contributed by atoms with Crippen LogP contribution < -0.4 is 20.5 Å². The van der Waals surface area contributed by atoms with Crippen molar-refractivity contribution < 1.29 is 19.1 Å². The molecule has 0 fully saturated rings. The molecule has 3 N–H and O–H groups in total. The van der Waals surface area contributed by atoms with Crippen LogP contribution in [0.25, 0.3) is 0 Å². The van der Waals surface area contributed by atoms with Crippen molar-refractivity contribution in [3.05, 3.63) is 34.9 Å². The highest BCUT2D eigenvalue weighted by Gasteiger charge is 2.19. The third-order valence-corrected chi connectivity index (χ3v) is 3.74. The van der Waals surface area contributed by atoms with E-state index in [0.717, 1.165) is 19.3 Å². The Morgan fingerprint density at radius 3 is 2.78 bits per heavy atom.